The van der Waals surface area contributed by atoms with Crippen molar-refractivity contribution in [3.63, 3.8) is 0 Å². The van der Waals surface area contributed by atoms with Gasteiger partial charge in [0.2, 0.25) is 0 Å². The molecule has 1 aliphatic heterocycles. The lowest BCUT2D eigenvalue weighted by Crippen LogP contribution is -2.48. The summed E-state index contributed by atoms with van der Waals surface area (Å²) in [4.78, 5) is 15.4. The molecule has 1 aliphatic carbocycles. The standard InChI is InChI=1S/C23H37N3O2/c1-2-28-17-19-6-5-13-26(15-19)16-21-7-3-4-8-22(21)25-23(27)20-11-9-18(14-24)10-12-20/h9-12,19,21-22H,2-8,13-17,24H2,1H3,(H,25,27)/t19?,21?,22-/m0/s1. The van der Waals surface area contributed by atoms with Gasteiger partial charge in [0, 0.05) is 37.8 Å². The number of nitrogens with one attached hydrogen (secondary N) is 1. The van der Waals surface area contributed by atoms with Gasteiger partial charge in [0.1, 0.15) is 0 Å². The van der Waals surface area contributed by atoms with E-state index in [0.29, 0.717) is 18.4 Å². The van der Waals surface area contributed by atoms with Gasteiger partial charge in [-0.25, -0.2) is 0 Å². The van der Waals surface area contributed by atoms with E-state index in [1.54, 1.807) is 0 Å². The highest BCUT2D eigenvalue weighted by atomic mass is 16.5. The Morgan fingerprint density at radius 2 is 1.96 bits per heavy atom. The lowest BCUT2D eigenvalue weighted by atomic mass is 9.83. The van der Waals surface area contributed by atoms with Crippen molar-refractivity contribution >= 4 is 5.91 Å². The number of ether oxygens (including phenoxy) is 1. The maximum atomic E-state index is 12.7. The molecule has 3 N–H and O–H groups in total. The van der Waals surface area contributed by atoms with Gasteiger partial charge in [0.15, 0.2) is 0 Å². The van der Waals surface area contributed by atoms with E-state index in [-0.39, 0.29) is 11.9 Å². The molecule has 5 nitrogen and oxygen atoms in total. The van der Waals surface area contributed by atoms with Crippen molar-refractivity contribution in [2.45, 2.75) is 58.0 Å². The minimum Gasteiger partial charge on any atom is -0.381 e. The largest absolute Gasteiger partial charge is 0.381 e. The van der Waals surface area contributed by atoms with Crippen LogP contribution in [-0.4, -0.2) is 49.7 Å². The first-order chi connectivity index (χ1) is 13.7. The van der Waals surface area contributed by atoms with Gasteiger partial charge in [0.05, 0.1) is 6.61 Å². The lowest BCUT2D eigenvalue weighted by Gasteiger charge is -2.39. The monoisotopic (exact) mass is 387 g/mol. The molecule has 0 radical (unpaired) electrons. The van der Waals surface area contributed by atoms with Crippen LogP contribution in [0.4, 0.5) is 0 Å². The molecule has 156 valence electrons. The maximum absolute atomic E-state index is 12.7. The Morgan fingerprint density at radius 3 is 2.71 bits per heavy atom. The van der Waals surface area contributed by atoms with Crippen LogP contribution in [0.1, 0.15) is 61.4 Å². The molecule has 0 aromatic heterocycles. The van der Waals surface area contributed by atoms with Crippen LogP contribution in [0.25, 0.3) is 0 Å². The average Bonchev–Trinajstić information content (AvgIpc) is 2.74. The van der Waals surface area contributed by atoms with Crippen LogP contribution in [0.2, 0.25) is 0 Å². The quantitative estimate of drug-likeness (QED) is 0.719. The number of hydrogen-bond acceptors (Lipinski definition) is 4. The molecule has 3 rings (SSSR count). The fraction of sp³-hybridized carbons (Fsp3) is 0.696. The number of hydrogen-bond donors (Lipinski definition) is 2. The van der Waals surface area contributed by atoms with Crippen molar-refractivity contribution in [1.29, 1.82) is 0 Å². The SMILES string of the molecule is CCOCC1CCCN(CC2CCCC[C@@H]2NC(=O)c2ccc(CN)cc2)C1. The second kappa shape index (κ2) is 10.9. The Morgan fingerprint density at radius 1 is 1.18 bits per heavy atom. The Labute approximate surface area is 170 Å². The zero-order valence-corrected chi connectivity index (χ0v) is 17.4. The molecule has 3 atom stereocenters. The summed E-state index contributed by atoms with van der Waals surface area (Å²) >= 11 is 0. The molecule has 1 aromatic rings. The van der Waals surface area contributed by atoms with Gasteiger partial charge in [0.25, 0.3) is 5.91 Å². The summed E-state index contributed by atoms with van der Waals surface area (Å²) in [6, 6.07) is 7.94. The number of nitrogens with two attached hydrogens (primary N) is 1. The second-order valence-electron chi connectivity index (χ2n) is 8.45. The predicted octanol–water partition coefficient (Wildman–Crippen LogP) is 3.18. The van der Waals surface area contributed by atoms with Gasteiger partial charge in [-0.05, 0) is 68.7 Å². The van der Waals surface area contributed by atoms with E-state index < -0.39 is 0 Å². The van der Waals surface area contributed by atoms with Crippen LogP contribution in [0, 0.1) is 11.8 Å². The topological polar surface area (TPSA) is 67.6 Å². The molecule has 0 spiro atoms. The summed E-state index contributed by atoms with van der Waals surface area (Å²) < 4.78 is 5.66. The third-order valence-corrected chi connectivity index (χ3v) is 6.33. The van der Waals surface area contributed by atoms with Crippen LogP contribution in [0.5, 0.6) is 0 Å². The summed E-state index contributed by atoms with van der Waals surface area (Å²) in [5, 5.41) is 3.34. The molecule has 1 aromatic carbocycles. The van der Waals surface area contributed by atoms with Crippen molar-refractivity contribution in [3.8, 4) is 0 Å². The van der Waals surface area contributed by atoms with Gasteiger partial charge in [-0.15, -0.1) is 0 Å². The molecule has 1 heterocycles. The first-order valence-corrected chi connectivity index (χ1v) is 11.1. The smallest absolute Gasteiger partial charge is 0.251 e. The molecule has 2 unspecified atom stereocenters. The van der Waals surface area contributed by atoms with Crippen molar-refractivity contribution in [2.24, 2.45) is 17.6 Å². The Kier molecular flexibility index (Phi) is 8.31. The van der Waals surface area contributed by atoms with Crippen LogP contribution in [0.15, 0.2) is 24.3 Å². The Bertz CT molecular complexity index is 604. The minimum atomic E-state index is 0.0494. The number of amides is 1. The summed E-state index contributed by atoms with van der Waals surface area (Å²) in [5.74, 6) is 1.26. The summed E-state index contributed by atoms with van der Waals surface area (Å²) in [6.45, 7) is 7.68. The van der Waals surface area contributed by atoms with E-state index in [9.17, 15) is 4.79 Å². The van der Waals surface area contributed by atoms with Gasteiger partial charge in [-0.1, -0.05) is 25.0 Å². The minimum absolute atomic E-state index is 0.0494. The molecular formula is C23H37N3O2. The number of nitrogens with zero attached hydrogens (tertiary/aromatic N) is 1. The maximum Gasteiger partial charge on any atom is 0.251 e. The highest BCUT2D eigenvalue weighted by Gasteiger charge is 2.30. The first kappa shape index (κ1) is 21.3. The molecule has 1 saturated carbocycles. The van der Waals surface area contributed by atoms with E-state index in [2.05, 4.69) is 17.1 Å². The normalized spacial score (nSPS) is 26.1. The van der Waals surface area contributed by atoms with Crippen LogP contribution >= 0.6 is 0 Å². The zero-order chi connectivity index (χ0) is 19.8. The fourth-order valence-electron chi connectivity index (χ4n) is 4.73. The highest BCUT2D eigenvalue weighted by molar-refractivity contribution is 5.94. The third kappa shape index (κ3) is 6.03. The first-order valence-electron chi connectivity index (χ1n) is 11.1. The lowest BCUT2D eigenvalue weighted by molar-refractivity contribution is 0.0548. The molecule has 1 amide bonds. The van der Waals surface area contributed by atoms with Crippen LogP contribution < -0.4 is 11.1 Å². The van der Waals surface area contributed by atoms with E-state index in [1.807, 2.05) is 24.3 Å². The van der Waals surface area contributed by atoms with Gasteiger partial charge >= 0.3 is 0 Å². The summed E-state index contributed by atoms with van der Waals surface area (Å²) in [7, 11) is 0. The van der Waals surface area contributed by atoms with Gasteiger partial charge in [-0.3, -0.25) is 4.79 Å². The number of piperidine rings is 1. The van der Waals surface area contributed by atoms with E-state index >= 15 is 0 Å². The molecule has 2 aliphatic rings. The highest BCUT2D eigenvalue weighted by Crippen LogP contribution is 2.27. The van der Waals surface area contributed by atoms with Crippen LogP contribution in [0.3, 0.4) is 0 Å². The Hall–Kier alpha value is -1.43. The van der Waals surface area contributed by atoms with E-state index in [4.69, 9.17) is 10.5 Å². The molecule has 5 heteroatoms. The number of rotatable bonds is 8. The second-order valence-corrected chi connectivity index (χ2v) is 8.45. The van der Waals surface area contributed by atoms with Crippen molar-refractivity contribution in [2.75, 3.05) is 32.8 Å². The number of benzene rings is 1. The number of carbonyl (C=O) groups is 1. The van der Waals surface area contributed by atoms with Crippen molar-refractivity contribution < 1.29 is 9.53 Å². The Balaban J connectivity index is 1.55. The molecule has 28 heavy (non-hydrogen) atoms. The summed E-state index contributed by atoms with van der Waals surface area (Å²) in [5.41, 5.74) is 7.44. The molecular weight excluding hydrogens is 350 g/mol. The van der Waals surface area contributed by atoms with Crippen molar-refractivity contribution in [1.82, 2.24) is 10.2 Å². The van der Waals surface area contributed by atoms with E-state index in [0.717, 1.165) is 43.9 Å². The molecule has 0 bridgehead atoms. The summed E-state index contributed by atoms with van der Waals surface area (Å²) in [6.07, 6.45) is 7.32. The predicted molar refractivity (Wildman–Crippen MR) is 113 cm³/mol. The number of carbonyl (C=O) groups excluding carboxylic acids is 1. The molecule has 2 fully saturated rings. The molecule has 1 saturated heterocycles. The fourth-order valence-corrected chi connectivity index (χ4v) is 4.73. The number of likely N-dealkylation sites (tertiary alicyclic amines) is 1. The van der Waals surface area contributed by atoms with E-state index in [1.165, 1.54) is 38.6 Å². The van der Waals surface area contributed by atoms with Gasteiger partial charge < -0.3 is 20.7 Å². The zero-order valence-electron chi connectivity index (χ0n) is 17.4. The van der Waals surface area contributed by atoms with Gasteiger partial charge in [-0.2, -0.15) is 0 Å². The van der Waals surface area contributed by atoms with Crippen LogP contribution in [-0.2, 0) is 11.3 Å². The average molecular weight is 388 g/mol. The van der Waals surface area contributed by atoms with Crippen molar-refractivity contribution in [3.05, 3.63) is 35.4 Å². The third-order valence-electron chi connectivity index (χ3n) is 6.33.